The van der Waals surface area contributed by atoms with Gasteiger partial charge < -0.3 is 0 Å². The van der Waals surface area contributed by atoms with Crippen LogP contribution >= 0.6 is 0 Å². The second-order valence-electron chi connectivity index (χ2n) is 3.53. The summed E-state index contributed by atoms with van der Waals surface area (Å²) in [7, 11) is -2.35. The maximum Gasteiger partial charge on any atom is 0.125 e. The highest BCUT2D eigenvalue weighted by Gasteiger charge is 2.17. The molecule has 0 aliphatic rings. The highest BCUT2D eigenvalue weighted by atomic mass is 32.2. The molecule has 0 aromatic carbocycles. The van der Waals surface area contributed by atoms with Gasteiger partial charge in [0.2, 0.25) is 0 Å². The van der Waals surface area contributed by atoms with E-state index in [0.29, 0.717) is 17.3 Å². The lowest BCUT2D eigenvalue weighted by Crippen LogP contribution is -2.15. The fraction of sp³-hybridized carbons (Fsp3) is 0.600. The summed E-state index contributed by atoms with van der Waals surface area (Å²) in [5, 5.41) is -0.0243. The molecule has 15 heavy (non-hydrogen) atoms. The lowest BCUT2D eigenvalue weighted by Gasteiger charge is -2.13. The Kier molecular flexibility index (Phi) is 3.79. The Morgan fingerprint density at radius 2 is 1.93 bits per heavy atom. The highest BCUT2D eigenvalue weighted by Crippen LogP contribution is 2.17. The van der Waals surface area contributed by atoms with Crippen LogP contribution in [-0.4, -0.2) is 26.0 Å². The molecule has 5 heteroatoms. The number of hydrogen-bond donors (Lipinski definition) is 0. The molecular formula is C10H17N3OS. The number of nitrogens with zero attached hydrogens (tertiary/aromatic N) is 3. The summed E-state index contributed by atoms with van der Waals surface area (Å²) in [4.78, 5) is 8.75. The zero-order chi connectivity index (χ0) is 11.5. The lowest BCUT2D eigenvalue weighted by molar-refractivity contribution is 0.666. The third-order valence-electron chi connectivity index (χ3n) is 2.05. The summed E-state index contributed by atoms with van der Waals surface area (Å²) in [6.45, 7) is 8.04. The number of rotatable bonds is 3. The fourth-order valence-corrected chi connectivity index (χ4v) is 3.00. The Balaban J connectivity index is 3.29. The number of hydrogen-bond acceptors (Lipinski definition) is 4. The number of aromatic nitrogens is 2. The van der Waals surface area contributed by atoms with Crippen LogP contribution in [0.15, 0.2) is 21.7 Å². The molecule has 1 atom stereocenters. The summed E-state index contributed by atoms with van der Waals surface area (Å²) in [5.41, 5.74) is 0. The Morgan fingerprint density at radius 1 is 1.40 bits per heavy atom. The Hall–Kier alpha value is -0.970. The van der Waals surface area contributed by atoms with Crippen molar-refractivity contribution < 1.29 is 4.21 Å². The van der Waals surface area contributed by atoms with Gasteiger partial charge in [-0.15, -0.1) is 0 Å². The molecule has 0 aliphatic heterocycles. The second kappa shape index (κ2) is 4.70. The summed E-state index contributed by atoms with van der Waals surface area (Å²) in [5.74, 6) is 0.681. The molecule has 0 saturated carbocycles. The van der Waals surface area contributed by atoms with Crippen molar-refractivity contribution >= 4 is 9.73 Å². The number of aryl methyl sites for hydroxylation is 1. The molecule has 1 heterocycles. The van der Waals surface area contributed by atoms with Crippen molar-refractivity contribution in [3.8, 4) is 0 Å². The van der Waals surface area contributed by atoms with Crippen molar-refractivity contribution in [2.45, 2.75) is 37.8 Å². The molecule has 0 spiro atoms. The van der Waals surface area contributed by atoms with Gasteiger partial charge in [0.25, 0.3) is 0 Å². The standard InChI is InChI=1S/C10H17N3OS/c1-5-13-15(14,8(2)3)10-6-11-9(4)12-7-10/h6-8H,5H2,1-4H3. The van der Waals surface area contributed by atoms with E-state index in [9.17, 15) is 4.21 Å². The molecular weight excluding hydrogens is 210 g/mol. The predicted octanol–water partition coefficient (Wildman–Crippen LogP) is 2.04. The molecule has 0 bridgehead atoms. The third kappa shape index (κ3) is 2.53. The van der Waals surface area contributed by atoms with Crippen LogP contribution in [0.4, 0.5) is 0 Å². The molecule has 0 saturated heterocycles. The average Bonchev–Trinajstić information content (AvgIpc) is 2.18. The van der Waals surface area contributed by atoms with Crippen molar-refractivity contribution in [3.05, 3.63) is 18.2 Å². The van der Waals surface area contributed by atoms with Gasteiger partial charge in [0.1, 0.15) is 5.82 Å². The smallest absolute Gasteiger partial charge is 0.125 e. The first-order chi connectivity index (χ1) is 7.00. The van der Waals surface area contributed by atoms with Gasteiger partial charge in [-0.25, -0.2) is 18.5 Å². The molecule has 4 nitrogen and oxygen atoms in total. The highest BCUT2D eigenvalue weighted by molar-refractivity contribution is 7.94. The SMILES string of the molecule is CCN=S(=O)(c1cnc(C)nc1)C(C)C. The third-order valence-corrected chi connectivity index (χ3v) is 4.86. The van der Waals surface area contributed by atoms with E-state index >= 15 is 0 Å². The molecule has 1 rings (SSSR count). The maximum atomic E-state index is 12.6. The molecule has 0 radical (unpaired) electrons. The van der Waals surface area contributed by atoms with Crippen LogP contribution in [-0.2, 0) is 9.73 Å². The van der Waals surface area contributed by atoms with Crippen molar-refractivity contribution in [3.63, 3.8) is 0 Å². The van der Waals surface area contributed by atoms with E-state index in [-0.39, 0.29) is 5.25 Å². The first kappa shape index (κ1) is 12.1. The fourth-order valence-electron chi connectivity index (χ4n) is 1.22. The van der Waals surface area contributed by atoms with E-state index < -0.39 is 9.73 Å². The van der Waals surface area contributed by atoms with Crippen LogP contribution in [0.25, 0.3) is 0 Å². The van der Waals surface area contributed by atoms with E-state index in [1.165, 1.54) is 0 Å². The first-order valence-corrected chi connectivity index (χ1v) is 6.59. The molecule has 0 fully saturated rings. The Bertz CT molecular complexity index is 430. The van der Waals surface area contributed by atoms with Crippen LogP contribution in [0.1, 0.15) is 26.6 Å². The molecule has 1 aromatic rings. The van der Waals surface area contributed by atoms with Crippen LogP contribution in [0.3, 0.4) is 0 Å². The maximum absolute atomic E-state index is 12.6. The minimum absolute atomic E-state index is 0.0243. The van der Waals surface area contributed by atoms with E-state index in [0.717, 1.165) is 0 Å². The topological polar surface area (TPSA) is 55.2 Å². The molecule has 1 aromatic heterocycles. The van der Waals surface area contributed by atoms with E-state index in [4.69, 9.17) is 0 Å². The monoisotopic (exact) mass is 227 g/mol. The normalized spacial score (nSPS) is 15.0. The van der Waals surface area contributed by atoms with Crippen LogP contribution in [0.2, 0.25) is 0 Å². The second-order valence-corrected chi connectivity index (χ2v) is 6.34. The van der Waals surface area contributed by atoms with Gasteiger partial charge in [0, 0.05) is 24.2 Å². The summed E-state index contributed by atoms with van der Waals surface area (Å²) in [6.07, 6.45) is 3.23. The molecule has 84 valence electrons. The zero-order valence-corrected chi connectivity index (χ0v) is 10.4. The van der Waals surface area contributed by atoms with Crippen LogP contribution in [0.5, 0.6) is 0 Å². The van der Waals surface area contributed by atoms with Gasteiger partial charge in [-0.3, -0.25) is 0 Å². The van der Waals surface area contributed by atoms with Crippen LogP contribution < -0.4 is 0 Å². The Labute approximate surface area is 91.3 Å². The van der Waals surface area contributed by atoms with Gasteiger partial charge >= 0.3 is 0 Å². The Morgan fingerprint density at radius 3 is 2.33 bits per heavy atom. The van der Waals surface area contributed by atoms with Crippen molar-refractivity contribution in [1.29, 1.82) is 0 Å². The lowest BCUT2D eigenvalue weighted by atomic mass is 10.6. The summed E-state index contributed by atoms with van der Waals surface area (Å²) < 4.78 is 16.8. The first-order valence-electron chi connectivity index (χ1n) is 5.01. The van der Waals surface area contributed by atoms with Gasteiger partial charge in [0.05, 0.1) is 14.6 Å². The van der Waals surface area contributed by atoms with Gasteiger partial charge in [-0.1, -0.05) is 0 Å². The summed E-state index contributed by atoms with van der Waals surface area (Å²) >= 11 is 0. The van der Waals surface area contributed by atoms with Crippen LogP contribution in [0, 0.1) is 6.92 Å². The van der Waals surface area contributed by atoms with Gasteiger partial charge in [-0.2, -0.15) is 0 Å². The van der Waals surface area contributed by atoms with Crippen molar-refractivity contribution in [1.82, 2.24) is 9.97 Å². The molecule has 0 aliphatic carbocycles. The minimum Gasteiger partial charge on any atom is -0.244 e. The molecule has 0 N–H and O–H groups in total. The quantitative estimate of drug-likeness (QED) is 0.794. The van der Waals surface area contributed by atoms with Crippen molar-refractivity contribution in [2.75, 3.05) is 6.54 Å². The zero-order valence-electron chi connectivity index (χ0n) is 9.60. The van der Waals surface area contributed by atoms with Gasteiger partial charge in [0.15, 0.2) is 0 Å². The largest absolute Gasteiger partial charge is 0.244 e. The van der Waals surface area contributed by atoms with E-state index in [1.54, 1.807) is 19.3 Å². The van der Waals surface area contributed by atoms with E-state index in [1.807, 2.05) is 20.8 Å². The van der Waals surface area contributed by atoms with Crippen molar-refractivity contribution in [2.24, 2.45) is 4.36 Å². The predicted molar refractivity (Wildman–Crippen MR) is 61.3 cm³/mol. The minimum atomic E-state index is -2.35. The van der Waals surface area contributed by atoms with E-state index in [2.05, 4.69) is 14.3 Å². The molecule has 1 unspecified atom stereocenters. The average molecular weight is 227 g/mol. The van der Waals surface area contributed by atoms with Gasteiger partial charge in [-0.05, 0) is 27.7 Å². The molecule has 0 amide bonds. The summed E-state index contributed by atoms with van der Waals surface area (Å²) in [6, 6.07) is 0.